The summed E-state index contributed by atoms with van der Waals surface area (Å²) < 4.78 is 0. The fourth-order valence-electron chi connectivity index (χ4n) is 2.46. The van der Waals surface area contributed by atoms with Crippen molar-refractivity contribution in [2.45, 2.75) is 31.7 Å². The quantitative estimate of drug-likeness (QED) is 0.829. The number of para-hydroxylation sites is 1. The van der Waals surface area contributed by atoms with Crippen LogP contribution in [0.5, 0.6) is 0 Å². The van der Waals surface area contributed by atoms with Gasteiger partial charge >= 0.3 is 6.03 Å². The van der Waals surface area contributed by atoms with Crippen molar-refractivity contribution in [3.8, 4) is 0 Å². The van der Waals surface area contributed by atoms with E-state index in [9.17, 15) is 9.59 Å². The molecule has 1 aromatic rings. The number of hydrogen-bond acceptors (Lipinski definition) is 2. The monoisotopic (exact) mass is 246 g/mol. The van der Waals surface area contributed by atoms with Crippen LogP contribution in [0.2, 0.25) is 0 Å². The zero-order chi connectivity index (χ0) is 12.8. The predicted octanol–water partition coefficient (Wildman–Crippen LogP) is 2.34. The number of carbonyl (C=O) groups excluding carboxylic acids is 2. The third-order valence-corrected chi connectivity index (χ3v) is 3.28. The molecule has 1 aliphatic carbocycles. The summed E-state index contributed by atoms with van der Waals surface area (Å²) >= 11 is 0. The average Bonchev–Trinajstić information content (AvgIpc) is 2.92. The molecule has 1 N–H and O–H groups in total. The standard InChI is InChI=1S/C14H18N2O2/c17-11-10-15-14(18)16(13-8-4-5-9-13)12-6-2-1-3-7-12/h1-3,6-7,11,13H,4-5,8-10H2,(H,15,18). The molecule has 18 heavy (non-hydrogen) atoms. The van der Waals surface area contributed by atoms with Gasteiger partial charge in [-0.25, -0.2) is 4.79 Å². The lowest BCUT2D eigenvalue weighted by molar-refractivity contribution is -0.107. The fourth-order valence-corrected chi connectivity index (χ4v) is 2.46. The molecule has 0 bridgehead atoms. The van der Waals surface area contributed by atoms with E-state index in [2.05, 4.69) is 5.32 Å². The van der Waals surface area contributed by atoms with Crippen molar-refractivity contribution in [2.24, 2.45) is 0 Å². The number of benzene rings is 1. The van der Waals surface area contributed by atoms with Gasteiger partial charge in [-0.1, -0.05) is 31.0 Å². The molecule has 0 aromatic heterocycles. The van der Waals surface area contributed by atoms with Gasteiger partial charge in [-0.05, 0) is 25.0 Å². The highest BCUT2D eigenvalue weighted by atomic mass is 16.2. The molecular formula is C14H18N2O2. The van der Waals surface area contributed by atoms with E-state index in [-0.39, 0.29) is 18.6 Å². The second-order valence-corrected chi connectivity index (χ2v) is 4.50. The third kappa shape index (κ3) is 2.88. The van der Waals surface area contributed by atoms with Gasteiger partial charge in [0.2, 0.25) is 0 Å². The molecule has 0 aliphatic heterocycles. The van der Waals surface area contributed by atoms with E-state index in [0.29, 0.717) is 6.29 Å². The number of amides is 2. The number of rotatable bonds is 4. The summed E-state index contributed by atoms with van der Waals surface area (Å²) in [6.07, 6.45) is 5.09. The molecule has 0 unspecified atom stereocenters. The number of nitrogens with zero attached hydrogens (tertiary/aromatic N) is 1. The molecule has 0 radical (unpaired) electrons. The van der Waals surface area contributed by atoms with E-state index in [4.69, 9.17) is 0 Å². The summed E-state index contributed by atoms with van der Waals surface area (Å²) in [5.74, 6) is 0. The Morgan fingerprint density at radius 3 is 2.56 bits per heavy atom. The van der Waals surface area contributed by atoms with Crippen LogP contribution < -0.4 is 10.2 Å². The van der Waals surface area contributed by atoms with E-state index in [1.54, 1.807) is 4.90 Å². The van der Waals surface area contributed by atoms with Gasteiger partial charge in [0.05, 0.1) is 6.54 Å². The summed E-state index contributed by atoms with van der Waals surface area (Å²) in [5, 5.41) is 2.63. The van der Waals surface area contributed by atoms with Crippen LogP contribution in [-0.2, 0) is 4.79 Å². The van der Waals surface area contributed by atoms with Crippen molar-refractivity contribution in [1.82, 2.24) is 5.32 Å². The first-order valence-electron chi connectivity index (χ1n) is 6.38. The van der Waals surface area contributed by atoms with Crippen LogP contribution in [0.4, 0.5) is 10.5 Å². The van der Waals surface area contributed by atoms with Crippen molar-refractivity contribution in [1.29, 1.82) is 0 Å². The van der Waals surface area contributed by atoms with Crippen molar-refractivity contribution in [2.75, 3.05) is 11.4 Å². The number of aldehydes is 1. The Morgan fingerprint density at radius 2 is 1.94 bits per heavy atom. The van der Waals surface area contributed by atoms with Crippen LogP contribution in [0, 0.1) is 0 Å². The summed E-state index contributed by atoms with van der Waals surface area (Å²) in [5.41, 5.74) is 0.896. The van der Waals surface area contributed by atoms with Crippen molar-refractivity contribution < 1.29 is 9.59 Å². The maximum absolute atomic E-state index is 12.1. The summed E-state index contributed by atoms with van der Waals surface area (Å²) in [6.45, 7) is 0.0644. The van der Waals surface area contributed by atoms with Crippen molar-refractivity contribution in [3.05, 3.63) is 30.3 Å². The van der Waals surface area contributed by atoms with Crippen LogP contribution in [0.3, 0.4) is 0 Å². The van der Waals surface area contributed by atoms with Crippen LogP contribution in [-0.4, -0.2) is 24.9 Å². The highest BCUT2D eigenvalue weighted by molar-refractivity contribution is 5.93. The molecule has 0 heterocycles. The lowest BCUT2D eigenvalue weighted by atomic mass is 10.2. The minimum atomic E-state index is -0.180. The van der Waals surface area contributed by atoms with E-state index >= 15 is 0 Å². The first-order valence-corrected chi connectivity index (χ1v) is 6.38. The fraction of sp³-hybridized carbons (Fsp3) is 0.429. The number of anilines is 1. The highest BCUT2D eigenvalue weighted by Crippen LogP contribution is 2.28. The summed E-state index contributed by atoms with van der Waals surface area (Å²) in [4.78, 5) is 24.3. The first-order chi connectivity index (χ1) is 8.83. The number of carbonyl (C=O) groups is 2. The van der Waals surface area contributed by atoms with Crippen LogP contribution in [0.15, 0.2) is 30.3 Å². The van der Waals surface area contributed by atoms with Crippen LogP contribution >= 0.6 is 0 Å². The molecule has 2 amide bonds. The largest absolute Gasteiger partial charge is 0.331 e. The van der Waals surface area contributed by atoms with Gasteiger partial charge in [0.25, 0.3) is 0 Å². The Hall–Kier alpha value is -1.84. The smallest absolute Gasteiger partial charge is 0.322 e. The lowest BCUT2D eigenvalue weighted by Gasteiger charge is -2.28. The molecule has 96 valence electrons. The Kier molecular flexibility index (Phi) is 4.34. The minimum absolute atomic E-state index is 0.0644. The third-order valence-electron chi connectivity index (χ3n) is 3.28. The van der Waals surface area contributed by atoms with Gasteiger partial charge in [0.15, 0.2) is 0 Å². The molecule has 1 saturated carbocycles. The SMILES string of the molecule is O=CCNC(=O)N(c1ccccc1)C1CCCC1. The average molecular weight is 246 g/mol. The number of hydrogen-bond donors (Lipinski definition) is 1. The van der Waals surface area contributed by atoms with E-state index in [0.717, 1.165) is 31.4 Å². The molecule has 1 fully saturated rings. The van der Waals surface area contributed by atoms with E-state index in [1.165, 1.54) is 0 Å². The Balaban J connectivity index is 2.17. The Labute approximate surface area is 107 Å². The van der Waals surface area contributed by atoms with Crippen molar-refractivity contribution in [3.63, 3.8) is 0 Å². The predicted molar refractivity (Wildman–Crippen MR) is 70.6 cm³/mol. The summed E-state index contributed by atoms with van der Waals surface area (Å²) in [6, 6.07) is 9.70. The summed E-state index contributed by atoms with van der Waals surface area (Å²) in [7, 11) is 0. The van der Waals surface area contributed by atoms with E-state index in [1.807, 2.05) is 30.3 Å². The molecule has 1 aliphatic rings. The topological polar surface area (TPSA) is 49.4 Å². The van der Waals surface area contributed by atoms with Crippen LogP contribution in [0.1, 0.15) is 25.7 Å². The Morgan fingerprint density at radius 1 is 1.28 bits per heavy atom. The molecule has 0 spiro atoms. The molecular weight excluding hydrogens is 228 g/mol. The second-order valence-electron chi connectivity index (χ2n) is 4.50. The molecule has 0 atom stereocenters. The maximum atomic E-state index is 12.1. The second kappa shape index (κ2) is 6.19. The van der Waals surface area contributed by atoms with Crippen molar-refractivity contribution >= 4 is 18.0 Å². The van der Waals surface area contributed by atoms with Gasteiger partial charge in [-0.2, -0.15) is 0 Å². The van der Waals surface area contributed by atoms with Gasteiger partial charge in [-0.15, -0.1) is 0 Å². The van der Waals surface area contributed by atoms with E-state index < -0.39 is 0 Å². The number of nitrogens with one attached hydrogen (secondary N) is 1. The van der Waals surface area contributed by atoms with Gasteiger partial charge < -0.3 is 10.1 Å². The molecule has 0 saturated heterocycles. The molecule has 1 aromatic carbocycles. The zero-order valence-electron chi connectivity index (χ0n) is 10.3. The molecule has 4 heteroatoms. The molecule has 4 nitrogen and oxygen atoms in total. The first kappa shape index (κ1) is 12.6. The Bertz CT molecular complexity index is 400. The zero-order valence-corrected chi connectivity index (χ0v) is 10.3. The van der Waals surface area contributed by atoms with Gasteiger partial charge in [0.1, 0.15) is 6.29 Å². The number of urea groups is 1. The van der Waals surface area contributed by atoms with Gasteiger partial charge in [-0.3, -0.25) is 4.90 Å². The highest BCUT2D eigenvalue weighted by Gasteiger charge is 2.27. The molecule has 2 rings (SSSR count). The minimum Gasteiger partial charge on any atom is -0.331 e. The van der Waals surface area contributed by atoms with Crippen LogP contribution in [0.25, 0.3) is 0 Å². The maximum Gasteiger partial charge on any atom is 0.322 e. The van der Waals surface area contributed by atoms with Gasteiger partial charge in [0, 0.05) is 11.7 Å². The normalized spacial score (nSPS) is 15.3. The lowest BCUT2D eigenvalue weighted by Crippen LogP contribution is -2.46.